The highest BCUT2D eigenvalue weighted by atomic mass is 15.3. The van der Waals surface area contributed by atoms with Gasteiger partial charge in [-0.05, 0) is 96.6 Å². The van der Waals surface area contributed by atoms with Crippen LogP contribution in [0.5, 0.6) is 0 Å². The van der Waals surface area contributed by atoms with E-state index >= 15 is 0 Å². The fraction of sp³-hybridized carbons (Fsp3) is 0.423. The molecular weight excluding hydrogens is 382 g/mol. The van der Waals surface area contributed by atoms with E-state index in [1.165, 1.54) is 28.7 Å². The zero-order chi connectivity index (χ0) is 22.4. The molecule has 0 unspecified atom stereocenters. The first-order chi connectivity index (χ1) is 14.8. The molecule has 31 heavy (non-hydrogen) atoms. The molecule has 0 N–H and O–H groups in total. The van der Waals surface area contributed by atoms with Crippen molar-refractivity contribution in [3.8, 4) is 16.9 Å². The summed E-state index contributed by atoms with van der Waals surface area (Å²) in [7, 11) is 10.6. The van der Waals surface area contributed by atoms with Gasteiger partial charge in [-0.2, -0.15) is 5.10 Å². The van der Waals surface area contributed by atoms with Gasteiger partial charge in [-0.15, -0.1) is 0 Å². The summed E-state index contributed by atoms with van der Waals surface area (Å²) in [5.74, 6) is 0. The van der Waals surface area contributed by atoms with E-state index in [-0.39, 0.29) is 0 Å². The van der Waals surface area contributed by atoms with Crippen molar-refractivity contribution in [3.05, 3.63) is 71.4 Å². The molecule has 3 aromatic rings. The first-order valence-electron chi connectivity index (χ1n) is 11.0. The number of aromatic nitrogens is 2. The summed E-state index contributed by atoms with van der Waals surface area (Å²) in [6.45, 7) is 6.23. The Labute approximate surface area is 187 Å². The van der Waals surface area contributed by atoms with Crippen LogP contribution in [0.3, 0.4) is 0 Å². The van der Waals surface area contributed by atoms with Gasteiger partial charge in [0.25, 0.3) is 0 Å². The summed E-state index contributed by atoms with van der Waals surface area (Å²) in [6.07, 6.45) is 3.31. The van der Waals surface area contributed by atoms with Gasteiger partial charge < -0.3 is 14.7 Å². The third-order valence-electron chi connectivity index (χ3n) is 5.37. The van der Waals surface area contributed by atoms with Gasteiger partial charge in [0.05, 0.1) is 11.4 Å². The third-order valence-corrected chi connectivity index (χ3v) is 5.37. The summed E-state index contributed by atoms with van der Waals surface area (Å²) < 4.78 is 2.01. The fourth-order valence-corrected chi connectivity index (χ4v) is 3.90. The highest BCUT2D eigenvalue weighted by Gasteiger charge is 2.11. The molecule has 0 aliphatic heterocycles. The average molecular weight is 420 g/mol. The van der Waals surface area contributed by atoms with Crippen molar-refractivity contribution in [1.29, 1.82) is 0 Å². The molecule has 0 aliphatic carbocycles. The number of benzene rings is 2. The normalized spacial score (nSPS) is 11.8. The molecule has 5 nitrogen and oxygen atoms in total. The van der Waals surface area contributed by atoms with Crippen LogP contribution in [0, 0.1) is 6.92 Å². The molecule has 166 valence electrons. The maximum atomic E-state index is 4.94. The predicted octanol–water partition coefficient (Wildman–Crippen LogP) is 4.29. The van der Waals surface area contributed by atoms with Crippen LogP contribution in [0.1, 0.15) is 23.1 Å². The molecule has 0 fully saturated rings. The summed E-state index contributed by atoms with van der Waals surface area (Å²) >= 11 is 0. The SMILES string of the molecule is Cc1cn(-c2cccc(CN(C)CCCN(C)C)c2)nc1-c1cccc(CN(C)C)c1. The van der Waals surface area contributed by atoms with E-state index in [4.69, 9.17) is 5.10 Å². The number of hydrogen-bond acceptors (Lipinski definition) is 4. The molecule has 5 heteroatoms. The Kier molecular flexibility index (Phi) is 8.02. The van der Waals surface area contributed by atoms with Crippen molar-refractivity contribution in [1.82, 2.24) is 24.5 Å². The number of aryl methyl sites for hydroxylation is 1. The molecule has 0 saturated heterocycles. The minimum Gasteiger partial charge on any atom is -0.309 e. The Bertz CT molecular complexity index is 973. The van der Waals surface area contributed by atoms with Crippen molar-refractivity contribution in [2.24, 2.45) is 0 Å². The lowest BCUT2D eigenvalue weighted by Gasteiger charge is -2.18. The predicted molar refractivity (Wildman–Crippen MR) is 131 cm³/mol. The highest BCUT2D eigenvalue weighted by Crippen LogP contribution is 2.24. The van der Waals surface area contributed by atoms with Crippen LogP contribution < -0.4 is 0 Å². The molecule has 1 heterocycles. The molecule has 0 saturated carbocycles. The lowest BCUT2D eigenvalue weighted by Crippen LogP contribution is -2.23. The molecule has 0 amide bonds. The van der Waals surface area contributed by atoms with Crippen LogP contribution in [0.25, 0.3) is 16.9 Å². The quantitative estimate of drug-likeness (QED) is 0.490. The average Bonchev–Trinajstić information content (AvgIpc) is 3.09. The zero-order valence-electron chi connectivity index (χ0n) is 20.0. The lowest BCUT2D eigenvalue weighted by molar-refractivity contribution is 0.294. The Morgan fingerprint density at radius 3 is 2.23 bits per heavy atom. The Morgan fingerprint density at radius 2 is 1.52 bits per heavy atom. The van der Waals surface area contributed by atoms with E-state index < -0.39 is 0 Å². The van der Waals surface area contributed by atoms with Crippen molar-refractivity contribution in [2.75, 3.05) is 48.3 Å². The fourth-order valence-electron chi connectivity index (χ4n) is 3.90. The van der Waals surface area contributed by atoms with Crippen LogP contribution in [0.4, 0.5) is 0 Å². The molecule has 3 rings (SSSR count). The van der Waals surface area contributed by atoms with Crippen LogP contribution in [0.2, 0.25) is 0 Å². The second-order valence-corrected chi connectivity index (χ2v) is 9.11. The summed E-state index contributed by atoms with van der Waals surface area (Å²) in [4.78, 5) is 6.81. The molecule has 2 aromatic carbocycles. The smallest absolute Gasteiger partial charge is 0.0956 e. The van der Waals surface area contributed by atoms with Gasteiger partial charge in [-0.1, -0.05) is 30.3 Å². The Hall–Kier alpha value is -2.47. The maximum Gasteiger partial charge on any atom is 0.0956 e. The van der Waals surface area contributed by atoms with Crippen LogP contribution >= 0.6 is 0 Å². The van der Waals surface area contributed by atoms with Crippen LogP contribution in [-0.2, 0) is 13.1 Å². The number of hydrogen-bond donors (Lipinski definition) is 0. The lowest BCUT2D eigenvalue weighted by atomic mass is 10.1. The minimum atomic E-state index is 0.928. The summed E-state index contributed by atoms with van der Waals surface area (Å²) in [5.41, 5.74) is 7.13. The van der Waals surface area contributed by atoms with Gasteiger partial charge in [0.1, 0.15) is 0 Å². The Balaban J connectivity index is 1.75. The second-order valence-electron chi connectivity index (χ2n) is 9.11. The van der Waals surface area contributed by atoms with Gasteiger partial charge in [-0.25, -0.2) is 4.68 Å². The summed E-state index contributed by atoms with van der Waals surface area (Å²) in [5, 5.41) is 4.94. The molecule has 0 aliphatic rings. The van der Waals surface area contributed by atoms with Gasteiger partial charge in [-0.3, -0.25) is 0 Å². The monoisotopic (exact) mass is 419 g/mol. The molecule has 0 atom stereocenters. The molecule has 0 spiro atoms. The van der Waals surface area contributed by atoms with E-state index in [1.807, 2.05) is 4.68 Å². The van der Waals surface area contributed by atoms with E-state index in [0.29, 0.717) is 0 Å². The largest absolute Gasteiger partial charge is 0.309 e. The van der Waals surface area contributed by atoms with Crippen molar-refractivity contribution >= 4 is 0 Å². The van der Waals surface area contributed by atoms with Crippen LogP contribution in [-0.4, -0.2) is 72.8 Å². The standard InChI is InChI=1S/C26H37N5/c1-21-18-31(27-26(21)24-12-7-10-22(16-24)19-29(4)5)25-13-8-11-23(17-25)20-30(6)15-9-14-28(2)3/h7-8,10-13,16-18H,9,14-15,19-20H2,1-6H3. The van der Waals surface area contributed by atoms with E-state index in [9.17, 15) is 0 Å². The molecule has 1 aromatic heterocycles. The topological polar surface area (TPSA) is 27.5 Å². The van der Waals surface area contributed by atoms with Gasteiger partial charge >= 0.3 is 0 Å². The maximum absolute atomic E-state index is 4.94. The van der Waals surface area contributed by atoms with Crippen molar-refractivity contribution in [3.63, 3.8) is 0 Å². The van der Waals surface area contributed by atoms with E-state index in [1.54, 1.807) is 0 Å². The van der Waals surface area contributed by atoms with Crippen LogP contribution in [0.15, 0.2) is 54.7 Å². The first kappa shape index (κ1) is 23.2. The van der Waals surface area contributed by atoms with E-state index in [0.717, 1.165) is 37.6 Å². The zero-order valence-corrected chi connectivity index (χ0v) is 20.0. The highest BCUT2D eigenvalue weighted by molar-refractivity contribution is 5.63. The first-order valence-corrected chi connectivity index (χ1v) is 11.0. The summed E-state index contributed by atoms with van der Waals surface area (Å²) in [6, 6.07) is 17.4. The third kappa shape index (κ3) is 6.76. The minimum absolute atomic E-state index is 0.928. The number of rotatable bonds is 10. The molecular formula is C26H37N5. The number of nitrogens with zero attached hydrogens (tertiary/aromatic N) is 5. The molecule has 0 bridgehead atoms. The van der Waals surface area contributed by atoms with E-state index in [2.05, 4.69) is 112 Å². The Morgan fingerprint density at radius 1 is 0.806 bits per heavy atom. The van der Waals surface area contributed by atoms with Gasteiger partial charge in [0.2, 0.25) is 0 Å². The van der Waals surface area contributed by atoms with Gasteiger partial charge in [0.15, 0.2) is 0 Å². The van der Waals surface area contributed by atoms with Crippen molar-refractivity contribution < 1.29 is 0 Å². The van der Waals surface area contributed by atoms with Crippen molar-refractivity contribution in [2.45, 2.75) is 26.4 Å². The van der Waals surface area contributed by atoms with Gasteiger partial charge in [0, 0.05) is 24.8 Å². The second kappa shape index (κ2) is 10.7. The molecule has 0 radical (unpaired) electrons.